The zero-order valence-electron chi connectivity index (χ0n) is 13.9. The highest BCUT2D eigenvalue weighted by Gasteiger charge is 2.25. The Morgan fingerprint density at radius 3 is 2.88 bits per heavy atom. The van der Waals surface area contributed by atoms with Crippen LogP contribution >= 0.6 is 0 Å². The summed E-state index contributed by atoms with van der Waals surface area (Å²) in [6.45, 7) is 6.28. The van der Waals surface area contributed by atoms with E-state index < -0.39 is 0 Å². The van der Waals surface area contributed by atoms with Gasteiger partial charge in [-0.2, -0.15) is 0 Å². The van der Waals surface area contributed by atoms with Gasteiger partial charge in [0.05, 0.1) is 29.8 Å². The van der Waals surface area contributed by atoms with Gasteiger partial charge in [0.2, 0.25) is 5.88 Å². The minimum absolute atomic E-state index is 0.596. The molecule has 1 aliphatic rings. The summed E-state index contributed by atoms with van der Waals surface area (Å²) in [7, 11) is 0. The van der Waals surface area contributed by atoms with Gasteiger partial charge in [-0.15, -0.1) is 0 Å². The summed E-state index contributed by atoms with van der Waals surface area (Å²) >= 11 is 0. The largest absolute Gasteiger partial charge is 0.478 e. The van der Waals surface area contributed by atoms with E-state index >= 15 is 0 Å². The van der Waals surface area contributed by atoms with Crippen molar-refractivity contribution >= 4 is 16.9 Å². The first-order chi connectivity index (χ1) is 11.8. The molecule has 0 spiro atoms. The number of nitrogens with one attached hydrogen (secondary N) is 1. The van der Waals surface area contributed by atoms with Crippen LogP contribution in [0.3, 0.4) is 0 Å². The van der Waals surface area contributed by atoms with Crippen LogP contribution in [0, 0.1) is 0 Å². The molecule has 7 heteroatoms. The molecule has 4 rings (SSSR count). The fourth-order valence-electron chi connectivity index (χ4n) is 3.28. The van der Waals surface area contributed by atoms with Crippen LogP contribution in [0.1, 0.15) is 30.7 Å². The topological polar surface area (TPSA) is 79.8 Å². The highest BCUT2D eigenvalue weighted by Crippen LogP contribution is 2.32. The number of nitrogens with zero attached hydrogens (tertiary/aromatic N) is 5. The van der Waals surface area contributed by atoms with E-state index in [-0.39, 0.29) is 0 Å². The van der Waals surface area contributed by atoms with Crippen LogP contribution in [-0.2, 0) is 19.4 Å². The lowest BCUT2D eigenvalue weighted by Gasteiger charge is -2.30. The third-order valence-electron chi connectivity index (χ3n) is 4.46. The van der Waals surface area contributed by atoms with E-state index in [1.54, 1.807) is 12.7 Å². The molecule has 0 radical (unpaired) electrons. The van der Waals surface area contributed by atoms with Crippen LogP contribution in [0.4, 0.5) is 5.82 Å². The Labute approximate surface area is 140 Å². The molecule has 0 atom stereocenters. The molecule has 0 saturated heterocycles. The Kier molecular flexibility index (Phi) is 3.76. The lowest BCUT2D eigenvalue weighted by molar-refractivity contribution is 0.320. The van der Waals surface area contributed by atoms with Crippen molar-refractivity contribution in [2.45, 2.75) is 33.2 Å². The number of aryl methyl sites for hydroxylation is 1. The molecule has 0 aliphatic carbocycles. The molecule has 7 nitrogen and oxygen atoms in total. The first-order valence-electron chi connectivity index (χ1n) is 8.33. The first-order valence-corrected chi connectivity index (χ1v) is 8.33. The molecule has 4 heterocycles. The van der Waals surface area contributed by atoms with Crippen molar-refractivity contribution in [3.05, 3.63) is 35.7 Å². The normalized spacial score (nSPS) is 14.0. The molecule has 0 bridgehead atoms. The quantitative estimate of drug-likeness (QED) is 0.793. The predicted octanol–water partition coefficient (Wildman–Crippen LogP) is 2.27. The zero-order valence-corrected chi connectivity index (χ0v) is 13.9. The number of ether oxygens (including phenoxy) is 1. The zero-order chi connectivity index (χ0) is 16.5. The van der Waals surface area contributed by atoms with Gasteiger partial charge in [-0.25, -0.2) is 19.9 Å². The summed E-state index contributed by atoms with van der Waals surface area (Å²) in [4.78, 5) is 23.2. The van der Waals surface area contributed by atoms with Gasteiger partial charge in [0.1, 0.15) is 24.1 Å². The monoisotopic (exact) mass is 324 g/mol. The third kappa shape index (κ3) is 2.36. The molecule has 0 aromatic carbocycles. The van der Waals surface area contributed by atoms with Crippen molar-refractivity contribution in [2.24, 2.45) is 0 Å². The van der Waals surface area contributed by atoms with Gasteiger partial charge < -0.3 is 14.6 Å². The van der Waals surface area contributed by atoms with Crippen LogP contribution in [0.2, 0.25) is 0 Å². The van der Waals surface area contributed by atoms with Crippen molar-refractivity contribution in [3.63, 3.8) is 0 Å². The molecule has 124 valence electrons. The molecule has 0 unspecified atom stereocenters. The van der Waals surface area contributed by atoms with E-state index in [9.17, 15) is 0 Å². The average Bonchev–Trinajstić information content (AvgIpc) is 3.05. The number of aromatic amines is 1. The Morgan fingerprint density at radius 1 is 1.17 bits per heavy atom. The number of rotatable bonds is 4. The molecule has 1 aliphatic heterocycles. The van der Waals surface area contributed by atoms with E-state index in [4.69, 9.17) is 4.74 Å². The Balaban J connectivity index is 1.76. The van der Waals surface area contributed by atoms with Crippen molar-refractivity contribution in [1.82, 2.24) is 24.9 Å². The molecular formula is C17H20N6O. The van der Waals surface area contributed by atoms with Crippen LogP contribution in [-0.4, -0.2) is 38.1 Å². The van der Waals surface area contributed by atoms with Gasteiger partial charge in [-0.3, -0.25) is 0 Å². The van der Waals surface area contributed by atoms with E-state index in [0.717, 1.165) is 47.5 Å². The van der Waals surface area contributed by atoms with Crippen LogP contribution in [0.25, 0.3) is 11.0 Å². The Bertz CT molecular complexity index is 875. The minimum Gasteiger partial charge on any atom is -0.478 e. The molecular weight excluding hydrogens is 304 g/mol. The number of hydrogen-bond acceptors (Lipinski definition) is 6. The first kappa shape index (κ1) is 14.9. The van der Waals surface area contributed by atoms with Gasteiger partial charge in [0, 0.05) is 19.2 Å². The maximum absolute atomic E-state index is 5.69. The van der Waals surface area contributed by atoms with Crippen molar-refractivity contribution in [2.75, 3.05) is 18.1 Å². The van der Waals surface area contributed by atoms with E-state index in [2.05, 4.69) is 36.7 Å². The Morgan fingerprint density at radius 2 is 2.04 bits per heavy atom. The van der Waals surface area contributed by atoms with Crippen LogP contribution in [0.5, 0.6) is 5.88 Å². The summed E-state index contributed by atoms with van der Waals surface area (Å²) in [6.07, 6.45) is 7.03. The summed E-state index contributed by atoms with van der Waals surface area (Å²) in [6, 6.07) is 0. The molecule has 0 fully saturated rings. The van der Waals surface area contributed by atoms with Gasteiger partial charge in [0.15, 0.2) is 0 Å². The Hall–Kier alpha value is -2.70. The van der Waals surface area contributed by atoms with Gasteiger partial charge in [-0.05, 0) is 18.9 Å². The highest BCUT2D eigenvalue weighted by atomic mass is 16.5. The minimum atomic E-state index is 0.596. The van der Waals surface area contributed by atoms with Crippen molar-refractivity contribution in [1.29, 1.82) is 0 Å². The average molecular weight is 324 g/mol. The summed E-state index contributed by atoms with van der Waals surface area (Å²) in [5, 5.41) is 1.11. The van der Waals surface area contributed by atoms with Gasteiger partial charge >= 0.3 is 0 Å². The summed E-state index contributed by atoms with van der Waals surface area (Å²) < 4.78 is 5.69. The number of H-pyrrole nitrogens is 1. The molecule has 1 N–H and O–H groups in total. The second-order valence-corrected chi connectivity index (χ2v) is 5.80. The third-order valence-corrected chi connectivity index (χ3v) is 4.46. The van der Waals surface area contributed by atoms with E-state index in [0.29, 0.717) is 19.0 Å². The van der Waals surface area contributed by atoms with Crippen molar-refractivity contribution in [3.8, 4) is 5.88 Å². The second kappa shape index (κ2) is 6.07. The lowest BCUT2D eigenvalue weighted by atomic mass is 10.1. The predicted molar refractivity (Wildman–Crippen MR) is 91.2 cm³/mol. The number of fused-ring (bicyclic) bond motifs is 2. The summed E-state index contributed by atoms with van der Waals surface area (Å²) in [5.41, 5.74) is 4.25. The smallest absolute Gasteiger partial charge is 0.221 e. The maximum Gasteiger partial charge on any atom is 0.221 e. The number of aromatic nitrogens is 5. The molecule has 0 amide bonds. The molecule has 0 saturated carbocycles. The van der Waals surface area contributed by atoms with E-state index in [1.807, 2.05) is 13.1 Å². The number of anilines is 1. The van der Waals surface area contributed by atoms with E-state index in [1.165, 1.54) is 5.56 Å². The highest BCUT2D eigenvalue weighted by molar-refractivity contribution is 5.90. The molecule has 3 aromatic heterocycles. The fourth-order valence-corrected chi connectivity index (χ4v) is 3.28. The van der Waals surface area contributed by atoms with Crippen LogP contribution < -0.4 is 9.64 Å². The molecule has 24 heavy (non-hydrogen) atoms. The standard InChI is InChI=1S/C17H20N6O/c1-3-11-7-18-15-14(11)16(21-10-20-15)23-6-5-13-12(8-23)17(24-4-2)22-9-19-13/h7,9-10H,3-6,8H2,1-2H3,(H,18,20,21). The van der Waals surface area contributed by atoms with Gasteiger partial charge in [0.25, 0.3) is 0 Å². The van der Waals surface area contributed by atoms with Crippen molar-refractivity contribution < 1.29 is 4.74 Å². The number of hydrogen-bond donors (Lipinski definition) is 1. The second-order valence-electron chi connectivity index (χ2n) is 5.80. The SMILES string of the molecule is CCOc1ncnc2c1CN(c1ncnc3[nH]cc(CC)c13)CC2. The van der Waals surface area contributed by atoms with Crippen LogP contribution in [0.15, 0.2) is 18.9 Å². The fraction of sp³-hybridized carbons (Fsp3) is 0.412. The summed E-state index contributed by atoms with van der Waals surface area (Å²) in [5.74, 6) is 1.65. The molecule has 3 aromatic rings. The van der Waals surface area contributed by atoms with Gasteiger partial charge in [-0.1, -0.05) is 6.92 Å². The lowest BCUT2D eigenvalue weighted by Crippen LogP contribution is -2.32. The maximum atomic E-state index is 5.69.